The van der Waals surface area contributed by atoms with Crippen LogP contribution >= 0.6 is 0 Å². The molecule has 1 heterocycles. The largest absolute Gasteiger partial charge is 0.333 e. The smallest absolute Gasteiger partial charge is 0.270 e. The Balaban J connectivity index is 2.42. The van der Waals surface area contributed by atoms with E-state index in [1.54, 1.807) is 18.2 Å². The monoisotopic (exact) mass is 289 g/mol. The van der Waals surface area contributed by atoms with Gasteiger partial charge in [0, 0.05) is 12.1 Å². The van der Waals surface area contributed by atoms with E-state index in [2.05, 4.69) is 19.2 Å². The molecule has 0 radical (unpaired) electrons. The van der Waals surface area contributed by atoms with Crippen LogP contribution < -0.4 is 5.32 Å². The van der Waals surface area contributed by atoms with Gasteiger partial charge in [-0.2, -0.15) is 0 Å². The van der Waals surface area contributed by atoms with Crippen molar-refractivity contribution in [3.8, 4) is 0 Å². The van der Waals surface area contributed by atoms with E-state index >= 15 is 0 Å². The third-order valence-electron chi connectivity index (χ3n) is 3.75. The van der Waals surface area contributed by atoms with Crippen molar-refractivity contribution in [2.24, 2.45) is 0 Å². The number of nitro benzene ring substituents is 1. The van der Waals surface area contributed by atoms with E-state index in [1.165, 1.54) is 12.1 Å². The zero-order valence-corrected chi connectivity index (χ0v) is 12.8. The Morgan fingerprint density at radius 3 is 2.52 bits per heavy atom. The van der Waals surface area contributed by atoms with Crippen molar-refractivity contribution in [1.82, 2.24) is 0 Å². The van der Waals surface area contributed by atoms with Gasteiger partial charge >= 0.3 is 0 Å². The molecule has 112 valence electrons. The Morgan fingerprint density at radius 1 is 1.29 bits per heavy atom. The van der Waals surface area contributed by atoms with E-state index in [0.717, 1.165) is 0 Å². The molecule has 0 atom stereocenters. The second kappa shape index (κ2) is 5.07. The van der Waals surface area contributed by atoms with Crippen molar-refractivity contribution < 1.29 is 15.0 Å². The number of nitro groups is 1. The number of benzene rings is 1. The van der Waals surface area contributed by atoms with Crippen LogP contribution in [0.25, 0.3) is 6.08 Å². The fourth-order valence-electron chi connectivity index (χ4n) is 3.14. The van der Waals surface area contributed by atoms with Crippen molar-refractivity contribution >= 4 is 17.5 Å². The normalized spacial score (nSPS) is 22.3. The molecule has 2 rings (SSSR count). The highest BCUT2D eigenvalue weighted by Crippen LogP contribution is 2.26. The van der Waals surface area contributed by atoms with Crippen molar-refractivity contribution in [2.45, 2.75) is 45.2 Å². The summed E-state index contributed by atoms with van der Waals surface area (Å²) in [7, 11) is 0. The van der Waals surface area contributed by atoms with Gasteiger partial charge in [0.15, 0.2) is 5.78 Å². The van der Waals surface area contributed by atoms with Crippen LogP contribution in [0, 0.1) is 10.1 Å². The van der Waals surface area contributed by atoms with Crippen molar-refractivity contribution in [2.75, 3.05) is 0 Å². The topological polar surface area (TPSA) is 76.8 Å². The molecule has 2 N–H and O–H groups in total. The zero-order chi connectivity index (χ0) is 15.8. The minimum atomic E-state index is -0.426. The van der Waals surface area contributed by atoms with E-state index in [1.807, 2.05) is 13.8 Å². The predicted octanol–water partition coefficient (Wildman–Crippen LogP) is 2.07. The van der Waals surface area contributed by atoms with Crippen LogP contribution in [0.1, 0.15) is 39.7 Å². The summed E-state index contributed by atoms with van der Waals surface area (Å²) in [4.78, 5) is 22.8. The lowest BCUT2D eigenvalue weighted by Crippen LogP contribution is -3.06. The number of non-ortho nitro benzene ring substituents is 1. The average Bonchev–Trinajstić information content (AvgIpc) is 2.32. The molecule has 0 unspecified atom stereocenters. The number of nitrogens with zero attached hydrogens (tertiary/aromatic N) is 1. The molecular weight excluding hydrogens is 268 g/mol. The van der Waals surface area contributed by atoms with Gasteiger partial charge in [0.2, 0.25) is 0 Å². The maximum atomic E-state index is 12.4. The summed E-state index contributed by atoms with van der Waals surface area (Å²) in [6.45, 7) is 8.12. The minimum absolute atomic E-state index is 0.0368. The molecule has 0 aromatic heterocycles. The molecule has 0 aliphatic carbocycles. The summed E-state index contributed by atoms with van der Waals surface area (Å²) in [6, 6.07) is 6.36. The highest BCUT2D eigenvalue weighted by Gasteiger charge is 2.44. The van der Waals surface area contributed by atoms with Gasteiger partial charge in [0.25, 0.3) is 5.69 Å². The van der Waals surface area contributed by atoms with Crippen LogP contribution in [0.4, 0.5) is 5.69 Å². The van der Waals surface area contributed by atoms with Crippen LogP contribution in [-0.2, 0) is 4.79 Å². The Morgan fingerprint density at radius 2 is 1.95 bits per heavy atom. The molecule has 1 aliphatic heterocycles. The lowest BCUT2D eigenvalue weighted by molar-refractivity contribution is -0.772. The molecule has 1 aromatic rings. The summed E-state index contributed by atoms with van der Waals surface area (Å²) in [5.74, 6) is 0.110. The third-order valence-corrected chi connectivity index (χ3v) is 3.75. The number of hydrogen-bond donors (Lipinski definition) is 1. The summed E-state index contributed by atoms with van der Waals surface area (Å²) >= 11 is 0. The van der Waals surface area contributed by atoms with Gasteiger partial charge in [-0.3, -0.25) is 14.9 Å². The number of nitrogens with two attached hydrogens (primary N) is 1. The fraction of sp³-hybridized carbons (Fsp3) is 0.438. The van der Waals surface area contributed by atoms with E-state index in [4.69, 9.17) is 0 Å². The van der Waals surface area contributed by atoms with Gasteiger partial charge in [-0.05, 0) is 39.3 Å². The number of carbonyl (C=O) groups excluding carboxylic acids is 1. The summed E-state index contributed by atoms with van der Waals surface area (Å²) in [5.41, 5.74) is 0.968. The number of hydrogen-bond acceptors (Lipinski definition) is 3. The molecule has 5 nitrogen and oxygen atoms in total. The Bertz CT molecular complexity index is 630. The first-order chi connectivity index (χ1) is 9.61. The first-order valence-electron chi connectivity index (χ1n) is 6.98. The molecule has 0 bridgehead atoms. The fourth-order valence-corrected chi connectivity index (χ4v) is 3.14. The Labute approximate surface area is 124 Å². The Kier molecular flexibility index (Phi) is 3.72. The second-order valence-corrected chi connectivity index (χ2v) is 6.86. The van der Waals surface area contributed by atoms with Crippen molar-refractivity contribution in [1.29, 1.82) is 0 Å². The minimum Gasteiger partial charge on any atom is -0.333 e. The van der Waals surface area contributed by atoms with Gasteiger partial charge in [-0.25, -0.2) is 0 Å². The summed E-state index contributed by atoms with van der Waals surface area (Å²) < 4.78 is 0. The molecule has 1 aromatic carbocycles. The molecule has 5 heteroatoms. The maximum absolute atomic E-state index is 12.4. The SMILES string of the molecule is CC1(C)CC(=O)C(=Cc2cccc([N+](=O)[O-])c2)C(C)(C)[NH2+]1. The van der Waals surface area contributed by atoms with Crippen molar-refractivity contribution in [3.63, 3.8) is 0 Å². The average molecular weight is 289 g/mol. The highest BCUT2D eigenvalue weighted by molar-refractivity contribution is 6.02. The number of Topliss-reactive ketones (excluding diaryl/α,β-unsaturated/α-hetero) is 1. The van der Waals surface area contributed by atoms with Gasteiger partial charge in [-0.1, -0.05) is 12.1 Å². The number of carbonyl (C=O) groups is 1. The zero-order valence-electron chi connectivity index (χ0n) is 12.8. The second-order valence-electron chi connectivity index (χ2n) is 6.86. The van der Waals surface area contributed by atoms with Crippen LogP contribution in [0.5, 0.6) is 0 Å². The van der Waals surface area contributed by atoms with Crippen LogP contribution in [0.15, 0.2) is 29.8 Å². The van der Waals surface area contributed by atoms with E-state index in [9.17, 15) is 14.9 Å². The lowest BCUT2D eigenvalue weighted by atomic mass is 9.77. The lowest BCUT2D eigenvalue weighted by Gasteiger charge is -2.39. The van der Waals surface area contributed by atoms with Crippen LogP contribution in [-0.4, -0.2) is 21.8 Å². The summed E-state index contributed by atoms with van der Waals surface area (Å²) in [6.07, 6.45) is 2.25. The van der Waals surface area contributed by atoms with Gasteiger partial charge in [0.05, 0.1) is 22.5 Å². The van der Waals surface area contributed by atoms with Crippen LogP contribution in [0.3, 0.4) is 0 Å². The molecule has 0 saturated carbocycles. The highest BCUT2D eigenvalue weighted by atomic mass is 16.6. The predicted molar refractivity (Wildman–Crippen MR) is 80.8 cm³/mol. The number of rotatable bonds is 2. The number of piperidine rings is 1. The third kappa shape index (κ3) is 3.36. The molecule has 1 fully saturated rings. The quantitative estimate of drug-likeness (QED) is 0.514. The van der Waals surface area contributed by atoms with Crippen LogP contribution in [0.2, 0.25) is 0 Å². The van der Waals surface area contributed by atoms with E-state index in [-0.39, 0.29) is 22.5 Å². The van der Waals surface area contributed by atoms with E-state index in [0.29, 0.717) is 17.6 Å². The van der Waals surface area contributed by atoms with Crippen molar-refractivity contribution in [3.05, 3.63) is 45.5 Å². The molecule has 1 saturated heterocycles. The first-order valence-corrected chi connectivity index (χ1v) is 6.98. The van der Waals surface area contributed by atoms with E-state index < -0.39 is 4.92 Å². The molecule has 0 amide bonds. The number of quaternary nitrogens is 1. The number of ketones is 1. The standard InChI is InChI=1S/C16H20N2O3/c1-15(2)10-14(19)13(16(3,4)17-15)9-11-6-5-7-12(8-11)18(20)21/h5-9,17H,10H2,1-4H3/p+1. The molecule has 1 aliphatic rings. The molecule has 21 heavy (non-hydrogen) atoms. The maximum Gasteiger partial charge on any atom is 0.270 e. The van der Waals surface area contributed by atoms with Gasteiger partial charge < -0.3 is 5.32 Å². The summed E-state index contributed by atoms with van der Waals surface area (Å²) in [5, 5.41) is 13.0. The first kappa shape index (κ1) is 15.4. The molecular formula is C16H21N2O3+. The molecule has 0 spiro atoms. The van der Waals surface area contributed by atoms with Gasteiger partial charge in [0.1, 0.15) is 5.54 Å². The Hall–Kier alpha value is -2.01. The van der Waals surface area contributed by atoms with Gasteiger partial charge in [-0.15, -0.1) is 0 Å².